The predicted molar refractivity (Wildman–Crippen MR) is 65.3 cm³/mol. The summed E-state index contributed by atoms with van der Waals surface area (Å²) in [5.74, 6) is 0.835. The molecule has 0 bridgehead atoms. The molecule has 2 rings (SSSR count). The van der Waals surface area contributed by atoms with Crippen LogP contribution in [-0.2, 0) is 7.05 Å². The van der Waals surface area contributed by atoms with E-state index in [0.29, 0.717) is 5.15 Å². The van der Waals surface area contributed by atoms with Gasteiger partial charge in [-0.1, -0.05) is 18.2 Å². The largest absolute Gasteiger partial charge is 0.334 e. The lowest BCUT2D eigenvalue weighted by Crippen LogP contribution is -1.98. The molecule has 0 atom stereocenters. The van der Waals surface area contributed by atoms with E-state index in [-0.39, 0.29) is 0 Å². The summed E-state index contributed by atoms with van der Waals surface area (Å²) in [6, 6.07) is 3.74. The van der Waals surface area contributed by atoms with Gasteiger partial charge in [0.15, 0.2) is 0 Å². The number of nitrogens with zero attached hydrogens (tertiary/aromatic N) is 3. The molecule has 0 saturated carbocycles. The van der Waals surface area contributed by atoms with Crippen molar-refractivity contribution in [1.82, 2.24) is 14.5 Å². The highest BCUT2D eigenvalue weighted by atomic mass is 35.5. The van der Waals surface area contributed by atoms with Crippen LogP contribution in [-0.4, -0.2) is 14.5 Å². The third-order valence-electron chi connectivity index (χ3n) is 2.36. The Bertz CT molecular complexity index is 523. The summed E-state index contributed by atoms with van der Waals surface area (Å²) in [7, 11) is 1.93. The van der Waals surface area contributed by atoms with Gasteiger partial charge in [-0.15, -0.1) is 0 Å². The first-order valence-electron chi connectivity index (χ1n) is 4.89. The quantitative estimate of drug-likeness (QED) is 0.747. The minimum absolute atomic E-state index is 0.477. The van der Waals surface area contributed by atoms with Crippen LogP contribution >= 0.6 is 11.6 Å². The molecule has 4 heteroatoms. The molecular weight excluding hydrogens is 222 g/mol. The van der Waals surface area contributed by atoms with E-state index in [4.69, 9.17) is 11.6 Å². The lowest BCUT2D eigenvalue weighted by atomic mass is 10.1. The molecule has 0 unspecified atom stereocenters. The van der Waals surface area contributed by atoms with Crippen LogP contribution in [0.1, 0.15) is 17.1 Å². The second-order valence-electron chi connectivity index (χ2n) is 3.66. The molecule has 0 radical (unpaired) electrons. The van der Waals surface area contributed by atoms with Gasteiger partial charge in [0.1, 0.15) is 11.0 Å². The Kier molecular flexibility index (Phi) is 2.79. The smallest absolute Gasteiger partial charge is 0.139 e. The maximum Gasteiger partial charge on any atom is 0.139 e. The fourth-order valence-electron chi connectivity index (χ4n) is 1.59. The standard InChI is InChI=1S/C12H12ClN3/c1-8-6-10(7-11(13)15-8)9(2)12-14-4-5-16(12)3/h4-7H,2H2,1,3H3. The van der Waals surface area contributed by atoms with Gasteiger partial charge >= 0.3 is 0 Å². The van der Waals surface area contributed by atoms with Crippen molar-refractivity contribution < 1.29 is 0 Å². The van der Waals surface area contributed by atoms with E-state index >= 15 is 0 Å². The predicted octanol–water partition coefficient (Wildman–Crippen LogP) is 2.84. The Balaban J connectivity index is 2.45. The van der Waals surface area contributed by atoms with E-state index in [1.54, 1.807) is 12.3 Å². The van der Waals surface area contributed by atoms with Crippen LogP contribution in [0, 0.1) is 6.92 Å². The first-order chi connectivity index (χ1) is 7.58. The summed E-state index contributed by atoms with van der Waals surface area (Å²) in [6.07, 6.45) is 3.63. The van der Waals surface area contributed by atoms with Gasteiger partial charge < -0.3 is 4.57 Å². The van der Waals surface area contributed by atoms with Crippen LogP contribution in [0.4, 0.5) is 0 Å². The number of hydrogen-bond acceptors (Lipinski definition) is 2. The molecule has 3 nitrogen and oxygen atoms in total. The molecule has 0 fully saturated rings. The van der Waals surface area contributed by atoms with Gasteiger partial charge in [0.25, 0.3) is 0 Å². The molecule has 2 aromatic heterocycles. The Morgan fingerprint density at radius 1 is 1.44 bits per heavy atom. The normalized spacial score (nSPS) is 10.4. The third-order valence-corrected chi connectivity index (χ3v) is 2.56. The van der Waals surface area contributed by atoms with Gasteiger partial charge in [-0.3, -0.25) is 0 Å². The number of hydrogen-bond donors (Lipinski definition) is 0. The van der Waals surface area contributed by atoms with Gasteiger partial charge in [0.2, 0.25) is 0 Å². The van der Waals surface area contributed by atoms with E-state index in [1.807, 2.05) is 30.8 Å². The van der Waals surface area contributed by atoms with Gasteiger partial charge in [-0.2, -0.15) is 0 Å². The van der Waals surface area contributed by atoms with Crippen molar-refractivity contribution in [2.24, 2.45) is 7.05 Å². The van der Waals surface area contributed by atoms with Gasteiger partial charge in [0.05, 0.1) is 0 Å². The average Bonchev–Trinajstić information content (AvgIpc) is 2.62. The van der Waals surface area contributed by atoms with Gasteiger partial charge in [-0.05, 0) is 24.6 Å². The average molecular weight is 234 g/mol. The van der Waals surface area contributed by atoms with Crippen molar-refractivity contribution in [3.05, 3.63) is 53.3 Å². The van der Waals surface area contributed by atoms with E-state index in [0.717, 1.165) is 22.7 Å². The summed E-state index contributed by atoms with van der Waals surface area (Å²) >= 11 is 5.92. The summed E-state index contributed by atoms with van der Waals surface area (Å²) in [5.41, 5.74) is 2.67. The molecule has 0 saturated heterocycles. The van der Waals surface area contributed by atoms with Crippen LogP contribution in [0.3, 0.4) is 0 Å². The van der Waals surface area contributed by atoms with Crippen molar-refractivity contribution in [3.63, 3.8) is 0 Å². The summed E-state index contributed by atoms with van der Waals surface area (Å²) in [5, 5.41) is 0.477. The van der Waals surface area contributed by atoms with E-state index < -0.39 is 0 Å². The highest BCUT2D eigenvalue weighted by Crippen LogP contribution is 2.22. The molecule has 82 valence electrons. The number of aromatic nitrogens is 3. The Morgan fingerprint density at radius 3 is 2.75 bits per heavy atom. The molecule has 0 spiro atoms. The van der Waals surface area contributed by atoms with E-state index in [1.165, 1.54) is 0 Å². The number of imidazole rings is 1. The molecule has 16 heavy (non-hydrogen) atoms. The molecule has 0 aliphatic heterocycles. The van der Waals surface area contributed by atoms with Crippen LogP contribution < -0.4 is 0 Å². The maximum absolute atomic E-state index is 5.92. The highest BCUT2D eigenvalue weighted by molar-refractivity contribution is 6.29. The van der Waals surface area contributed by atoms with Gasteiger partial charge in [0, 0.05) is 30.7 Å². The molecule has 0 aliphatic carbocycles. The van der Waals surface area contributed by atoms with Crippen LogP contribution in [0.2, 0.25) is 5.15 Å². The maximum atomic E-state index is 5.92. The summed E-state index contributed by atoms with van der Waals surface area (Å²) in [6.45, 7) is 5.94. The highest BCUT2D eigenvalue weighted by Gasteiger charge is 2.08. The van der Waals surface area contributed by atoms with Crippen LogP contribution in [0.15, 0.2) is 31.1 Å². The topological polar surface area (TPSA) is 30.7 Å². The minimum Gasteiger partial charge on any atom is -0.334 e. The molecule has 0 aliphatic rings. The lowest BCUT2D eigenvalue weighted by Gasteiger charge is -2.07. The fraction of sp³-hybridized carbons (Fsp3) is 0.167. The van der Waals surface area contributed by atoms with E-state index in [9.17, 15) is 0 Å². The van der Waals surface area contributed by atoms with Gasteiger partial charge in [-0.25, -0.2) is 9.97 Å². The second kappa shape index (κ2) is 4.10. The van der Waals surface area contributed by atoms with Crippen molar-refractivity contribution >= 4 is 17.2 Å². The molecule has 0 aromatic carbocycles. The van der Waals surface area contributed by atoms with E-state index in [2.05, 4.69) is 16.5 Å². The van der Waals surface area contributed by atoms with Crippen LogP contribution in [0.5, 0.6) is 0 Å². The van der Waals surface area contributed by atoms with Crippen molar-refractivity contribution in [2.75, 3.05) is 0 Å². The van der Waals surface area contributed by atoms with Crippen molar-refractivity contribution in [1.29, 1.82) is 0 Å². The number of rotatable bonds is 2. The monoisotopic (exact) mass is 233 g/mol. The Morgan fingerprint density at radius 2 is 2.19 bits per heavy atom. The zero-order valence-electron chi connectivity index (χ0n) is 9.24. The SMILES string of the molecule is C=C(c1cc(C)nc(Cl)c1)c1nccn1C. The third kappa shape index (κ3) is 1.99. The second-order valence-corrected chi connectivity index (χ2v) is 4.05. The summed E-state index contributed by atoms with van der Waals surface area (Å²) in [4.78, 5) is 8.37. The van der Waals surface area contributed by atoms with Crippen molar-refractivity contribution in [2.45, 2.75) is 6.92 Å². The Labute approximate surface area is 99.4 Å². The molecule has 2 heterocycles. The first-order valence-corrected chi connectivity index (χ1v) is 5.27. The van der Waals surface area contributed by atoms with Crippen molar-refractivity contribution in [3.8, 4) is 0 Å². The minimum atomic E-state index is 0.477. The number of aryl methyl sites for hydroxylation is 2. The number of pyridine rings is 1. The molecule has 2 aromatic rings. The Hall–Kier alpha value is -1.61. The zero-order chi connectivity index (χ0) is 11.7. The summed E-state index contributed by atoms with van der Waals surface area (Å²) < 4.78 is 1.92. The molecule has 0 amide bonds. The molecular formula is C12H12ClN3. The van der Waals surface area contributed by atoms with Crippen LogP contribution in [0.25, 0.3) is 5.57 Å². The number of halogens is 1. The fourth-order valence-corrected chi connectivity index (χ4v) is 1.84. The first kappa shape index (κ1) is 10.9. The zero-order valence-corrected chi connectivity index (χ0v) is 9.99. The molecule has 0 N–H and O–H groups in total. The lowest BCUT2D eigenvalue weighted by molar-refractivity contribution is 0.891.